The number of thioether (sulfide) groups is 1. The van der Waals surface area contributed by atoms with Crippen LogP contribution in [0.2, 0.25) is 0 Å². The third-order valence-corrected chi connectivity index (χ3v) is 3.60. The summed E-state index contributed by atoms with van der Waals surface area (Å²) in [5.74, 6) is 0.375. The molecule has 2 aromatic rings. The zero-order chi connectivity index (χ0) is 13.0. The van der Waals surface area contributed by atoms with Gasteiger partial charge in [0.1, 0.15) is 0 Å². The van der Waals surface area contributed by atoms with Crippen molar-refractivity contribution in [1.82, 2.24) is 4.98 Å². The molecule has 1 amide bonds. The van der Waals surface area contributed by atoms with Gasteiger partial charge in [0.2, 0.25) is 5.91 Å². The Bertz CT molecular complexity index is 554. The monoisotopic (exact) mass is 259 g/mol. The Morgan fingerprint density at radius 3 is 2.56 bits per heavy atom. The molecule has 0 unspecified atom stereocenters. The van der Waals surface area contributed by atoms with Crippen LogP contribution in [0.4, 0.5) is 5.69 Å². The lowest BCUT2D eigenvalue weighted by Gasteiger charge is -2.05. The van der Waals surface area contributed by atoms with Gasteiger partial charge in [0.15, 0.2) is 0 Å². The fraction of sp³-hybridized carbons (Fsp3) is 0.0769. The van der Waals surface area contributed by atoms with E-state index < -0.39 is 5.91 Å². The Kier molecular flexibility index (Phi) is 3.84. The van der Waals surface area contributed by atoms with E-state index in [0.29, 0.717) is 11.3 Å². The minimum absolute atomic E-state index is 0.410. The number of hydrogen-bond acceptors (Lipinski definition) is 4. The number of carbonyl (C=O) groups excluding carboxylic acids is 1. The van der Waals surface area contributed by atoms with Gasteiger partial charge in [0.25, 0.3) is 0 Å². The van der Waals surface area contributed by atoms with Gasteiger partial charge in [-0.05, 0) is 23.8 Å². The number of benzene rings is 1. The summed E-state index contributed by atoms with van der Waals surface area (Å²) in [6.07, 6.45) is 3.35. The van der Waals surface area contributed by atoms with E-state index in [4.69, 9.17) is 11.5 Å². The van der Waals surface area contributed by atoms with Crippen molar-refractivity contribution in [3.8, 4) is 0 Å². The SMILES string of the molecule is NC(=O)c1ccc(CSc2ccncc2N)cc1. The fourth-order valence-electron chi connectivity index (χ4n) is 1.45. The number of nitrogens with two attached hydrogens (primary N) is 2. The van der Waals surface area contributed by atoms with Crippen molar-refractivity contribution in [3.05, 3.63) is 53.9 Å². The third kappa shape index (κ3) is 3.01. The average Bonchev–Trinajstić information content (AvgIpc) is 2.38. The molecule has 0 saturated carbocycles. The predicted octanol–water partition coefficient (Wildman–Crippen LogP) is 2.05. The van der Waals surface area contributed by atoms with Crippen molar-refractivity contribution in [3.63, 3.8) is 0 Å². The van der Waals surface area contributed by atoms with Crippen LogP contribution < -0.4 is 11.5 Å². The molecule has 92 valence electrons. The van der Waals surface area contributed by atoms with E-state index in [9.17, 15) is 4.79 Å². The molecule has 1 aromatic heterocycles. The van der Waals surface area contributed by atoms with Gasteiger partial charge in [-0.3, -0.25) is 9.78 Å². The quantitative estimate of drug-likeness (QED) is 0.823. The highest BCUT2D eigenvalue weighted by Gasteiger charge is 2.02. The van der Waals surface area contributed by atoms with E-state index >= 15 is 0 Å². The van der Waals surface area contributed by atoms with E-state index in [-0.39, 0.29) is 0 Å². The Labute approximate surface area is 109 Å². The normalized spacial score (nSPS) is 10.2. The molecule has 0 atom stereocenters. The standard InChI is InChI=1S/C13H13N3OS/c14-11-7-16-6-5-12(11)18-8-9-1-3-10(4-2-9)13(15)17/h1-7H,8,14H2,(H2,15,17). The summed E-state index contributed by atoms with van der Waals surface area (Å²) >= 11 is 1.63. The Morgan fingerprint density at radius 1 is 1.22 bits per heavy atom. The number of nitrogen functional groups attached to an aromatic ring is 1. The lowest BCUT2D eigenvalue weighted by molar-refractivity contribution is 0.100. The molecule has 5 heteroatoms. The Morgan fingerprint density at radius 2 is 1.94 bits per heavy atom. The van der Waals surface area contributed by atoms with Gasteiger partial charge in [-0.15, -0.1) is 11.8 Å². The predicted molar refractivity (Wildman–Crippen MR) is 73.2 cm³/mol. The van der Waals surface area contributed by atoms with Gasteiger partial charge in [0, 0.05) is 22.4 Å². The molecule has 0 fully saturated rings. The van der Waals surface area contributed by atoms with E-state index in [1.54, 1.807) is 36.3 Å². The molecule has 1 heterocycles. The maximum absolute atomic E-state index is 10.9. The van der Waals surface area contributed by atoms with Crippen LogP contribution in [0.5, 0.6) is 0 Å². The van der Waals surface area contributed by atoms with Gasteiger partial charge in [-0.25, -0.2) is 0 Å². The maximum atomic E-state index is 10.9. The molecule has 4 N–H and O–H groups in total. The van der Waals surface area contributed by atoms with E-state index in [1.807, 2.05) is 18.2 Å². The number of nitrogens with zero attached hydrogens (tertiary/aromatic N) is 1. The molecule has 1 aromatic carbocycles. The smallest absolute Gasteiger partial charge is 0.248 e. The highest BCUT2D eigenvalue weighted by atomic mass is 32.2. The molecule has 0 saturated heterocycles. The van der Waals surface area contributed by atoms with Crippen LogP contribution in [-0.2, 0) is 5.75 Å². The summed E-state index contributed by atoms with van der Waals surface area (Å²) in [7, 11) is 0. The summed E-state index contributed by atoms with van der Waals surface area (Å²) in [5.41, 5.74) is 13.3. The second-order valence-electron chi connectivity index (χ2n) is 3.76. The lowest BCUT2D eigenvalue weighted by Crippen LogP contribution is -2.10. The number of amides is 1. The zero-order valence-corrected chi connectivity index (χ0v) is 10.5. The minimum Gasteiger partial charge on any atom is -0.397 e. The van der Waals surface area contributed by atoms with Crippen LogP contribution in [0.1, 0.15) is 15.9 Å². The van der Waals surface area contributed by atoms with Crippen molar-refractivity contribution >= 4 is 23.4 Å². The Hall–Kier alpha value is -2.01. The first-order valence-corrected chi connectivity index (χ1v) is 6.36. The molecule has 0 spiro atoms. The first-order chi connectivity index (χ1) is 8.66. The van der Waals surface area contributed by atoms with Crippen LogP contribution in [0.3, 0.4) is 0 Å². The fourth-order valence-corrected chi connectivity index (χ4v) is 2.34. The molecule has 0 aliphatic rings. The zero-order valence-electron chi connectivity index (χ0n) is 9.67. The molecular weight excluding hydrogens is 246 g/mol. The minimum atomic E-state index is -0.410. The number of carbonyl (C=O) groups is 1. The van der Waals surface area contributed by atoms with Crippen LogP contribution >= 0.6 is 11.8 Å². The first-order valence-electron chi connectivity index (χ1n) is 5.38. The van der Waals surface area contributed by atoms with Crippen molar-refractivity contribution in [2.75, 3.05) is 5.73 Å². The summed E-state index contributed by atoms with van der Waals surface area (Å²) < 4.78 is 0. The number of pyridine rings is 1. The summed E-state index contributed by atoms with van der Waals surface area (Å²) in [4.78, 5) is 15.9. The van der Waals surface area contributed by atoms with Gasteiger partial charge in [-0.2, -0.15) is 0 Å². The van der Waals surface area contributed by atoms with Crippen molar-refractivity contribution in [2.24, 2.45) is 5.73 Å². The number of primary amides is 1. The second kappa shape index (κ2) is 5.55. The van der Waals surface area contributed by atoms with Crippen molar-refractivity contribution in [2.45, 2.75) is 10.6 Å². The molecule has 0 aliphatic heterocycles. The van der Waals surface area contributed by atoms with Crippen LogP contribution in [-0.4, -0.2) is 10.9 Å². The summed E-state index contributed by atoms with van der Waals surface area (Å²) in [5, 5.41) is 0. The molecule has 0 aliphatic carbocycles. The van der Waals surface area contributed by atoms with Crippen molar-refractivity contribution < 1.29 is 4.79 Å². The highest BCUT2D eigenvalue weighted by molar-refractivity contribution is 7.98. The van der Waals surface area contributed by atoms with Gasteiger partial charge in [-0.1, -0.05) is 12.1 Å². The maximum Gasteiger partial charge on any atom is 0.248 e. The highest BCUT2D eigenvalue weighted by Crippen LogP contribution is 2.26. The van der Waals surface area contributed by atoms with E-state index in [0.717, 1.165) is 16.2 Å². The van der Waals surface area contributed by atoms with Crippen LogP contribution in [0.15, 0.2) is 47.6 Å². The Balaban J connectivity index is 2.02. The van der Waals surface area contributed by atoms with Crippen LogP contribution in [0, 0.1) is 0 Å². The third-order valence-electron chi connectivity index (χ3n) is 2.44. The first kappa shape index (κ1) is 12.4. The number of rotatable bonds is 4. The van der Waals surface area contributed by atoms with Gasteiger partial charge < -0.3 is 11.5 Å². The summed E-state index contributed by atoms with van der Waals surface area (Å²) in [6, 6.07) is 9.13. The molecule has 18 heavy (non-hydrogen) atoms. The lowest BCUT2D eigenvalue weighted by atomic mass is 10.1. The van der Waals surface area contributed by atoms with Gasteiger partial charge in [0.05, 0.1) is 11.9 Å². The molecule has 2 rings (SSSR count). The number of anilines is 1. The topological polar surface area (TPSA) is 82.0 Å². The average molecular weight is 259 g/mol. The van der Waals surface area contributed by atoms with Gasteiger partial charge >= 0.3 is 0 Å². The number of hydrogen-bond donors (Lipinski definition) is 2. The molecule has 0 radical (unpaired) electrons. The van der Waals surface area contributed by atoms with Crippen molar-refractivity contribution in [1.29, 1.82) is 0 Å². The largest absolute Gasteiger partial charge is 0.397 e. The van der Waals surface area contributed by atoms with E-state index in [1.165, 1.54) is 0 Å². The second-order valence-corrected chi connectivity index (χ2v) is 4.78. The molecular formula is C13H13N3OS. The van der Waals surface area contributed by atoms with Crippen LogP contribution in [0.25, 0.3) is 0 Å². The number of aromatic nitrogens is 1. The molecule has 0 bridgehead atoms. The van der Waals surface area contributed by atoms with E-state index in [2.05, 4.69) is 4.98 Å². The molecule has 4 nitrogen and oxygen atoms in total. The summed E-state index contributed by atoms with van der Waals surface area (Å²) in [6.45, 7) is 0.